The summed E-state index contributed by atoms with van der Waals surface area (Å²) in [5, 5.41) is 15.2. The van der Waals surface area contributed by atoms with Crippen molar-refractivity contribution in [1.29, 1.82) is 0 Å². The van der Waals surface area contributed by atoms with Gasteiger partial charge in [0.1, 0.15) is 18.9 Å². The molecule has 0 amide bonds. The molecule has 40 heavy (non-hydrogen) atoms. The van der Waals surface area contributed by atoms with Crippen LogP contribution in [0.15, 0.2) is 91.0 Å². The van der Waals surface area contributed by atoms with Crippen molar-refractivity contribution in [2.45, 2.75) is 19.6 Å². The second-order valence-electron chi connectivity index (χ2n) is 9.99. The van der Waals surface area contributed by atoms with Crippen molar-refractivity contribution in [2.24, 2.45) is 13.0 Å². The Morgan fingerprint density at radius 1 is 0.925 bits per heavy atom. The summed E-state index contributed by atoms with van der Waals surface area (Å²) in [6.45, 7) is 1.99. The van der Waals surface area contributed by atoms with E-state index >= 15 is 0 Å². The lowest BCUT2D eigenvalue weighted by Crippen LogP contribution is -2.22. The Labute approximate surface area is 232 Å². The molecule has 202 valence electrons. The van der Waals surface area contributed by atoms with Crippen molar-refractivity contribution in [2.75, 3.05) is 18.0 Å². The van der Waals surface area contributed by atoms with Gasteiger partial charge in [0.25, 0.3) is 0 Å². The Hall–Kier alpha value is -4.85. The van der Waals surface area contributed by atoms with Gasteiger partial charge in [-0.25, -0.2) is 0 Å². The molecule has 1 N–H and O–H groups in total. The van der Waals surface area contributed by atoms with E-state index in [1.54, 1.807) is 0 Å². The minimum atomic E-state index is -0.738. The molecule has 6 rings (SSSR count). The topological polar surface area (TPSA) is 89.7 Å². The molecule has 0 spiro atoms. The number of aromatic nitrogens is 3. The number of carbonyl (C=O) groups is 1. The van der Waals surface area contributed by atoms with Crippen LogP contribution in [0, 0.1) is 5.92 Å². The lowest BCUT2D eigenvalue weighted by molar-refractivity contribution is -0.140. The van der Waals surface area contributed by atoms with Crippen LogP contribution in [-0.2, 0) is 25.1 Å². The van der Waals surface area contributed by atoms with Gasteiger partial charge in [0.15, 0.2) is 0 Å². The maximum absolute atomic E-state index is 11.5. The number of carboxylic acids is 1. The quantitative estimate of drug-likeness (QED) is 0.259. The van der Waals surface area contributed by atoms with Gasteiger partial charge < -0.3 is 19.5 Å². The molecule has 1 fully saturated rings. The molecule has 0 aliphatic carbocycles. The van der Waals surface area contributed by atoms with Crippen molar-refractivity contribution >= 4 is 22.6 Å². The predicted octanol–water partition coefficient (Wildman–Crippen LogP) is 5.70. The molecule has 1 atom stereocenters. The highest BCUT2D eigenvalue weighted by Crippen LogP contribution is 2.37. The summed E-state index contributed by atoms with van der Waals surface area (Å²) in [5.41, 5.74) is 5.57. The van der Waals surface area contributed by atoms with Crippen LogP contribution < -0.4 is 14.4 Å². The first kappa shape index (κ1) is 25.4. The van der Waals surface area contributed by atoms with Crippen LogP contribution in [0.3, 0.4) is 0 Å². The standard InChI is InChI=1S/C32H30N4O4/c1-35-28-18-25(36-17-16-24(19-36)32(37)38)12-13-26(28)30(34-35)27-14-15-29(39-20-22-8-4-2-5-9-22)33-31(27)40-21-23-10-6-3-7-11-23/h2-15,18,24H,16-17,19-21H2,1H3,(H,37,38). The number of carboxylic acid groups (broad SMARTS) is 1. The molecule has 8 heteroatoms. The van der Waals surface area contributed by atoms with Gasteiger partial charge in [-0.1, -0.05) is 60.7 Å². The maximum Gasteiger partial charge on any atom is 0.308 e. The van der Waals surface area contributed by atoms with Gasteiger partial charge in [-0.05, 0) is 41.8 Å². The predicted molar refractivity (Wildman–Crippen MR) is 153 cm³/mol. The number of ether oxygens (including phenoxy) is 2. The number of fused-ring (bicyclic) bond motifs is 1. The summed E-state index contributed by atoms with van der Waals surface area (Å²) in [5.74, 6) is -0.156. The molecule has 5 aromatic rings. The van der Waals surface area contributed by atoms with E-state index in [9.17, 15) is 9.90 Å². The van der Waals surface area contributed by atoms with E-state index in [4.69, 9.17) is 19.6 Å². The largest absolute Gasteiger partial charge is 0.481 e. The average Bonchev–Trinajstić information content (AvgIpc) is 3.61. The van der Waals surface area contributed by atoms with Crippen LogP contribution in [0.5, 0.6) is 11.8 Å². The van der Waals surface area contributed by atoms with E-state index in [0.29, 0.717) is 37.9 Å². The van der Waals surface area contributed by atoms with E-state index in [-0.39, 0.29) is 5.92 Å². The number of hydrogen-bond donors (Lipinski definition) is 1. The number of benzene rings is 3. The number of aryl methyl sites for hydroxylation is 1. The number of rotatable bonds is 9. The lowest BCUT2D eigenvalue weighted by atomic mass is 10.1. The van der Waals surface area contributed by atoms with E-state index < -0.39 is 5.97 Å². The maximum atomic E-state index is 11.5. The first-order valence-electron chi connectivity index (χ1n) is 13.3. The van der Waals surface area contributed by atoms with Crippen molar-refractivity contribution in [3.05, 3.63) is 102 Å². The van der Waals surface area contributed by atoms with Gasteiger partial charge in [0.2, 0.25) is 11.8 Å². The van der Waals surface area contributed by atoms with Crippen molar-refractivity contribution in [3.63, 3.8) is 0 Å². The molecule has 1 aliphatic rings. The zero-order chi connectivity index (χ0) is 27.5. The highest BCUT2D eigenvalue weighted by molar-refractivity contribution is 5.96. The Morgan fingerprint density at radius 2 is 1.62 bits per heavy atom. The number of aliphatic carboxylic acids is 1. The van der Waals surface area contributed by atoms with Gasteiger partial charge in [-0.3, -0.25) is 9.48 Å². The molecule has 0 bridgehead atoms. The van der Waals surface area contributed by atoms with E-state index in [1.165, 1.54) is 0 Å². The molecule has 1 aliphatic heterocycles. The van der Waals surface area contributed by atoms with Crippen LogP contribution >= 0.6 is 0 Å². The third kappa shape index (κ3) is 5.33. The third-order valence-corrected chi connectivity index (χ3v) is 7.28. The molecule has 1 unspecified atom stereocenters. The number of pyridine rings is 1. The fourth-order valence-electron chi connectivity index (χ4n) is 5.09. The first-order valence-corrected chi connectivity index (χ1v) is 13.3. The summed E-state index contributed by atoms with van der Waals surface area (Å²) in [6.07, 6.45) is 0.649. The summed E-state index contributed by atoms with van der Waals surface area (Å²) in [4.78, 5) is 18.3. The summed E-state index contributed by atoms with van der Waals surface area (Å²) < 4.78 is 14.1. The van der Waals surface area contributed by atoms with Crippen molar-refractivity contribution < 1.29 is 19.4 Å². The lowest BCUT2D eigenvalue weighted by Gasteiger charge is -2.18. The summed E-state index contributed by atoms with van der Waals surface area (Å²) in [6, 6.07) is 29.9. The van der Waals surface area contributed by atoms with Crippen LogP contribution in [0.25, 0.3) is 22.2 Å². The van der Waals surface area contributed by atoms with Gasteiger partial charge in [-0.15, -0.1) is 0 Å². The molecule has 3 aromatic carbocycles. The average molecular weight is 535 g/mol. The Balaban J connectivity index is 1.32. The number of anilines is 1. The minimum absolute atomic E-state index is 0.337. The molecule has 3 heterocycles. The second kappa shape index (κ2) is 11.1. The van der Waals surface area contributed by atoms with Crippen LogP contribution in [0.4, 0.5) is 5.69 Å². The van der Waals surface area contributed by atoms with Crippen LogP contribution in [-0.4, -0.2) is 38.9 Å². The molecule has 8 nitrogen and oxygen atoms in total. The molecular weight excluding hydrogens is 504 g/mol. The molecule has 0 radical (unpaired) electrons. The number of hydrogen-bond acceptors (Lipinski definition) is 6. The Kier molecular flexibility index (Phi) is 7.06. The van der Waals surface area contributed by atoms with Gasteiger partial charge >= 0.3 is 5.97 Å². The fraction of sp³-hybridized carbons (Fsp3) is 0.219. The molecule has 1 saturated heterocycles. The third-order valence-electron chi connectivity index (χ3n) is 7.28. The smallest absolute Gasteiger partial charge is 0.308 e. The van der Waals surface area contributed by atoms with Gasteiger partial charge in [-0.2, -0.15) is 10.1 Å². The van der Waals surface area contributed by atoms with Crippen molar-refractivity contribution in [3.8, 4) is 23.0 Å². The first-order chi connectivity index (χ1) is 19.5. The molecule has 2 aromatic heterocycles. The van der Waals surface area contributed by atoms with E-state index in [1.807, 2.05) is 96.7 Å². The van der Waals surface area contributed by atoms with Gasteiger partial charge in [0.05, 0.1) is 17.0 Å². The van der Waals surface area contributed by atoms with Crippen LogP contribution in [0.1, 0.15) is 17.5 Å². The zero-order valence-corrected chi connectivity index (χ0v) is 22.2. The highest BCUT2D eigenvalue weighted by Gasteiger charge is 2.28. The highest BCUT2D eigenvalue weighted by atomic mass is 16.5. The molecule has 0 saturated carbocycles. The van der Waals surface area contributed by atoms with E-state index in [0.717, 1.165) is 45.5 Å². The SMILES string of the molecule is Cn1nc(-c2ccc(OCc3ccccc3)nc2OCc2ccccc2)c2ccc(N3CCC(C(=O)O)C3)cc21. The summed E-state index contributed by atoms with van der Waals surface area (Å²) >= 11 is 0. The Bertz CT molecular complexity index is 1640. The molecular formula is C32H30N4O4. The monoisotopic (exact) mass is 534 g/mol. The summed E-state index contributed by atoms with van der Waals surface area (Å²) in [7, 11) is 1.91. The normalized spacial score (nSPS) is 14.9. The van der Waals surface area contributed by atoms with Crippen LogP contribution in [0.2, 0.25) is 0 Å². The van der Waals surface area contributed by atoms with Gasteiger partial charge in [0, 0.05) is 37.3 Å². The second-order valence-corrected chi connectivity index (χ2v) is 9.99. The number of nitrogens with zero attached hydrogens (tertiary/aromatic N) is 4. The van der Waals surface area contributed by atoms with E-state index in [2.05, 4.69) is 11.0 Å². The van der Waals surface area contributed by atoms with Crippen molar-refractivity contribution in [1.82, 2.24) is 14.8 Å². The Morgan fingerprint density at radius 3 is 2.30 bits per heavy atom. The fourth-order valence-corrected chi connectivity index (χ4v) is 5.09. The zero-order valence-electron chi connectivity index (χ0n) is 22.2. The minimum Gasteiger partial charge on any atom is -0.481 e.